The van der Waals surface area contributed by atoms with E-state index in [4.69, 9.17) is 14.2 Å². The number of allylic oxidation sites excluding steroid dienone is 1. The lowest BCUT2D eigenvalue weighted by Gasteiger charge is -2.24. The summed E-state index contributed by atoms with van der Waals surface area (Å²) >= 11 is 4.93. The normalized spacial score (nSPS) is 14.7. The maximum atomic E-state index is 13.9. The maximum Gasteiger partial charge on any atom is 0.338 e. The van der Waals surface area contributed by atoms with Crippen LogP contribution >= 0.6 is 27.3 Å². The molecule has 222 valence electrons. The zero-order chi connectivity index (χ0) is 30.8. The van der Waals surface area contributed by atoms with Gasteiger partial charge in [-0.1, -0.05) is 84.1 Å². The van der Waals surface area contributed by atoms with Gasteiger partial charge in [-0.3, -0.25) is 9.36 Å². The highest BCUT2D eigenvalue weighted by Crippen LogP contribution is 2.38. The molecule has 0 bridgehead atoms. The van der Waals surface area contributed by atoms with Gasteiger partial charge in [0.1, 0.15) is 6.61 Å². The number of methoxy groups -OCH3 is 1. The molecule has 44 heavy (non-hydrogen) atoms. The van der Waals surface area contributed by atoms with Crippen LogP contribution in [0.15, 0.2) is 110 Å². The summed E-state index contributed by atoms with van der Waals surface area (Å²) in [6.45, 7) is 4.11. The minimum absolute atomic E-state index is 0.222. The lowest BCUT2D eigenvalue weighted by atomic mass is 9.96. The summed E-state index contributed by atoms with van der Waals surface area (Å²) in [5, 5.41) is 2.28. The zero-order valence-electron chi connectivity index (χ0n) is 24.4. The Morgan fingerprint density at radius 3 is 2.57 bits per heavy atom. The van der Waals surface area contributed by atoms with Crippen LogP contribution in [0, 0.1) is 0 Å². The first-order valence-electron chi connectivity index (χ1n) is 14.1. The Labute approximate surface area is 266 Å². The zero-order valence-corrected chi connectivity index (χ0v) is 26.8. The Balaban J connectivity index is 1.39. The summed E-state index contributed by atoms with van der Waals surface area (Å²) in [5.41, 5.74) is 3.25. The third kappa shape index (κ3) is 5.60. The molecule has 0 N–H and O–H groups in total. The van der Waals surface area contributed by atoms with Gasteiger partial charge in [0.2, 0.25) is 0 Å². The smallest absolute Gasteiger partial charge is 0.338 e. The van der Waals surface area contributed by atoms with Crippen LogP contribution in [0.2, 0.25) is 0 Å². The largest absolute Gasteiger partial charge is 0.493 e. The molecule has 0 amide bonds. The standard InChI is InChI=1S/C35H29BrN2O5S/c1-4-42-34(40)30-21(2)37-35-38(31(30)24-12-6-5-7-13-24)33(39)29(44-35)19-22-17-27(36)32(28(18-22)41-3)43-20-25-15-10-14-23-11-8-9-16-26(23)25/h5-19,31H,4,20H2,1-3H3/b29-19-. The summed E-state index contributed by atoms with van der Waals surface area (Å²) < 4.78 is 20.1. The number of hydrogen-bond acceptors (Lipinski definition) is 7. The Morgan fingerprint density at radius 1 is 1.05 bits per heavy atom. The molecule has 1 aliphatic heterocycles. The van der Waals surface area contributed by atoms with Crippen molar-refractivity contribution in [3.05, 3.63) is 137 Å². The molecule has 0 saturated heterocycles. The monoisotopic (exact) mass is 668 g/mol. The Morgan fingerprint density at radius 2 is 1.80 bits per heavy atom. The van der Waals surface area contributed by atoms with Gasteiger partial charge in [0.05, 0.1) is 40.0 Å². The molecule has 0 saturated carbocycles. The number of esters is 1. The highest BCUT2D eigenvalue weighted by atomic mass is 79.9. The van der Waals surface area contributed by atoms with Crippen LogP contribution in [0.1, 0.15) is 36.6 Å². The first-order chi connectivity index (χ1) is 21.4. The number of rotatable bonds is 8. The van der Waals surface area contributed by atoms with E-state index in [1.54, 1.807) is 31.6 Å². The Bertz CT molecular complexity index is 2090. The van der Waals surface area contributed by atoms with Crippen molar-refractivity contribution >= 4 is 50.1 Å². The molecule has 5 aromatic rings. The molecule has 1 atom stereocenters. The number of hydrogen-bond donors (Lipinski definition) is 0. The van der Waals surface area contributed by atoms with Gasteiger partial charge in [-0.25, -0.2) is 9.79 Å². The van der Waals surface area contributed by atoms with Gasteiger partial charge in [0.15, 0.2) is 16.3 Å². The highest BCUT2D eigenvalue weighted by Gasteiger charge is 2.33. The first kappa shape index (κ1) is 29.6. The van der Waals surface area contributed by atoms with E-state index in [2.05, 4.69) is 45.2 Å². The summed E-state index contributed by atoms with van der Waals surface area (Å²) in [7, 11) is 1.59. The number of benzene rings is 4. The van der Waals surface area contributed by atoms with Crippen molar-refractivity contribution in [2.75, 3.05) is 13.7 Å². The molecular weight excluding hydrogens is 640 g/mol. The number of aromatic nitrogens is 1. The molecule has 1 unspecified atom stereocenters. The van der Waals surface area contributed by atoms with Crippen LogP contribution in [0.4, 0.5) is 0 Å². The van der Waals surface area contributed by atoms with Crippen LogP contribution in [0.25, 0.3) is 16.8 Å². The molecule has 0 fully saturated rings. The second-order valence-corrected chi connectivity index (χ2v) is 12.0. The van der Waals surface area contributed by atoms with Gasteiger partial charge >= 0.3 is 5.97 Å². The van der Waals surface area contributed by atoms with Crippen LogP contribution in [-0.2, 0) is 16.1 Å². The minimum Gasteiger partial charge on any atom is -0.493 e. The van der Waals surface area contributed by atoms with E-state index in [9.17, 15) is 9.59 Å². The highest BCUT2D eigenvalue weighted by molar-refractivity contribution is 9.10. The topological polar surface area (TPSA) is 79.1 Å². The molecule has 2 heterocycles. The lowest BCUT2D eigenvalue weighted by molar-refractivity contribution is -0.139. The number of carbonyl (C=O) groups excluding carboxylic acids is 1. The molecule has 0 spiro atoms. The van der Waals surface area contributed by atoms with Gasteiger partial charge < -0.3 is 14.2 Å². The van der Waals surface area contributed by atoms with E-state index in [0.29, 0.717) is 43.2 Å². The maximum absolute atomic E-state index is 13.9. The van der Waals surface area contributed by atoms with Crippen molar-refractivity contribution in [2.45, 2.75) is 26.5 Å². The van der Waals surface area contributed by atoms with Crippen LogP contribution in [0.5, 0.6) is 11.5 Å². The first-order valence-corrected chi connectivity index (χ1v) is 15.7. The lowest BCUT2D eigenvalue weighted by Crippen LogP contribution is -2.39. The Kier molecular flexibility index (Phi) is 8.50. The van der Waals surface area contributed by atoms with Gasteiger partial charge in [0, 0.05) is 0 Å². The fraction of sp³-hybridized carbons (Fsp3) is 0.171. The van der Waals surface area contributed by atoms with E-state index < -0.39 is 12.0 Å². The van der Waals surface area contributed by atoms with Gasteiger partial charge in [-0.2, -0.15) is 0 Å². The average Bonchev–Trinajstić information content (AvgIpc) is 3.33. The van der Waals surface area contributed by atoms with Crippen molar-refractivity contribution in [1.82, 2.24) is 4.57 Å². The van der Waals surface area contributed by atoms with Gasteiger partial charge in [0.25, 0.3) is 5.56 Å². The molecular formula is C35H29BrN2O5S. The summed E-state index contributed by atoms with van der Waals surface area (Å²) in [6.07, 6.45) is 1.80. The molecule has 1 aliphatic rings. The van der Waals surface area contributed by atoms with Crippen molar-refractivity contribution in [3.63, 3.8) is 0 Å². The Hall–Kier alpha value is -4.47. The number of ether oxygens (including phenoxy) is 3. The van der Waals surface area contributed by atoms with Crippen molar-refractivity contribution in [2.24, 2.45) is 4.99 Å². The molecule has 9 heteroatoms. The van der Waals surface area contributed by atoms with E-state index in [0.717, 1.165) is 27.5 Å². The third-order valence-corrected chi connectivity index (χ3v) is 9.01. The third-order valence-electron chi connectivity index (χ3n) is 7.43. The number of thiazole rings is 1. The number of nitrogens with zero attached hydrogens (tertiary/aromatic N) is 2. The van der Waals surface area contributed by atoms with E-state index in [1.807, 2.05) is 60.7 Å². The molecule has 0 aliphatic carbocycles. The fourth-order valence-electron chi connectivity index (χ4n) is 5.43. The molecule has 7 nitrogen and oxygen atoms in total. The predicted octanol–water partition coefficient (Wildman–Crippen LogP) is 6.30. The fourth-order valence-corrected chi connectivity index (χ4v) is 7.05. The number of carbonyl (C=O) groups is 1. The predicted molar refractivity (Wildman–Crippen MR) is 176 cm³/mol. The van der Waals surface area contributed by atoms with Crippen LogP contribution in [-0.4, -0.2) is 24.3 Å². The van der Waals surface area contributed by atoms with Crippen LogP contribution in [0.3, 0.4) is 0 Å². The van der Waals surface area contributed by atoms with Crippen molar-refractivity contribution in [3.8, 4) is 11.5 Å². The van der Waals surface area contributed by atoms with Crippen LogP contribution < -0.4 is 24.4 Å². The average molecular weight is 670 g/mol. The SMILES string of the molecule is CCOC(=O)C1=C(C)N=c2s/c(=C\c3cc(Br)c(OCc4cccc5ccccc45)c(OC)c3)c(=O)n2C1c1ccccc1. The molecule has 6 rings (SSSR count). The number of fused-ring (bicyclic) bond motifs is 2. The second kappa shape index (κ2) is 12.6. The minimum atomic E-state index is -0.653. The van der Waals surface area contributed by atoms with Gasteiger partial charge in [-0.15, -0.1) is 0 Å². The van der Waals surface area contributed by atoms with E-state index >= 15 is 0 Å². The summed E-state index contributed by atoms with van der Waals surface area (Å²) in [5.74, 6) is 0.615. The molecule has 1 aromatic heterocycles. The van der Waals surface area contributed by atoms with Crippen molar-refractivity contribution in [1.29, 1.82) is 0 Å². The van der Waals surface area contributed by atoms with Gasteiger partial charge in [-0.05, 0) is 75.4 Å². The molecule has 4 aromatic carbocycles. The molecule has 0 radical (unpaired) electrons. The summed E-state index contributed by atoms with van der Waals surface area (Å²) in [4.78, 5) is 32.2. The second-order valence-electron chi connectivity index (χ2n) is 10.2. The number of halogens is 1. The summed E-state index contributed by atoms with van der Waals surface area (Å²) in [6, 6.07) is 26.9. The van der Waals surface area contributed by atoms with E-state index in [-0.39, 0.29) is 12.2 Å². The van der Waals surface area contributed by atoms with Crippen molar-refractivity contribution < 1.29 is 19.0 Å². The van der Waals surface area contributed by atoms with E-state index in [1.165, 1.54) is 11.3 Å². The quantitative estimate of drug-likeness (QED) is 0.181.